The predicted octanol–water partition coefficient (Wildman–Crippen LogP) is 3.47. The van der Waals surface area contributed by atoms with Crippen molar-refractivity contribution in [3.8, 4) is 0 Å². The summed E-state index contributed by atoms with van der Waals surface area (Å²) in [6.07, 6.45) is 1.92. The lowest BCUT2D eigenvalue weighted by Gasteiger charge is -1.97. The molecule has 0 unspecified atom stereocenters. The lowest BCUT2D eigenvalue weighted by Crippen LogP contribution is -1.99. The molecule has 1 N–H and O–H groups in total. The lowest BCUT2D eigenvalue weighted by molar-refractivity contribution is 0.949. The van der Waals surface area contributed by atoms with Crippen molar-refractivity contribution in [2.75, 3.05) is 5.32 Å². The quantitative estimate of drug-likeness (QED) is 0.802. The highest BCUT2D eigenvalue weighted by Crippen LogP contribution is 2.22. The molecule has 0 aliphatic carbocycles. The van der Waals surface area contributed by atoms with Crippen LogP contribution in [0.4, 0.5) is 5.95 Å². The molecule has 0 bridgehead atoms. The minimum Gasteiger partial charge on any atom is -0.348 e. The number of aromatic nitrogens is 3. The fraction of sp³-hybridized carbons (Fsp3) is 0.167. The van der Waals surface area contributed by atoms with E-state index in [9.17, 15) is 0 Å². The number of anilines is 1. The van der Waals surface area contributed by atoms with Gasteiger partial charge in [0.15, 0.2) is 5.65 Å². The number of thiophene rings is 1. The Bertz CT molecular complexity index is 688. The van der Waals surface area contributed by atoms with Crippen LogP contribution < -0.4 is 5.32 Å². The van der Waals surface area contributed by atoms with E-state index in [0.29, 0.717) is 5.95 Å². The zero-order chi connectivity index (χ0) is 12.5. The van der Waals surface area contributed by atoms with Gasteiger partial charge in [0, 0.05) is 11.1 Å². The van der Waals surface area contributed by atoms with Crippen LogP contribution in [-0.2, 0) is 6.54 Å². The Balaban J connectivity index is 1.78. The molecule has 0 radical (unpaired) electrons. The van der Waals surface area contributed by atoms with Crippen LogP contribution in [0.5, 0.6) is 0 Å². The second-order valence-corrected chi connectivity index (χ2v) is 6.55. The van der Waals surface area contributed by atoms with E-state index in [1.165, 1.54) is 10.4 Å². The van der Waals surface area contributed by atoms with Crippen LogP contribution >= 0.6 is 27.3 Å². The Hall–Kier alpha value is -1.40. The van der Waals surface area contributed by atoms with Crippen LogP contribution in [0.3, 0.4) is 0 Å². The fourth-order valence-electron chi connectivity index (χ4n) is 1.67. The molecule has 3 rings (SSSR count). The monoisotopic (exact) mass is 322 g/mol. The number of rotatable bonds is 3. The van der Waals surface area contributed by atoms with E-state index in [4.69, 9.17) is 0 Å². The summed E-state index contributed by atoms with van der Waals surface area (Å²) in [4.78, 5) is 5.68. The summed E-state index contributed by atoms with van der Waals surface area (Å²) in [5.74, 6) is 0.658. The molecular formula is C12H11BrN4S. The normalized spacial score (nSPS) is 11.0. The maximum Gasteiger partial charge on any atom is 0.243 e. The van der Waals surface area contributed by atoms with Gasteiger partial charge in [-0.3, -0.25) is 0 Å². The molecule has 0 atom stereocenters. The van der Waals surface area contributed by atoms with Gasteiger partial charge >= 0.3 is 0 Å². The summed E-state index contributed by atoms with van der Waals surface area (Å²) in [7, 11) is 0. The zero-order valence-corrected chi connectivity index (χ0v) is 12.1. The fourth-order valence-corrected chi connectivity index (χ4v) is 3.09. The summed E-state index contributed by atoms with van der Waals surface area (Å²) >= 11 is 5.16. The summed E-state index contributed by atoms with van der Waals surface area (Å²) in [6.45, 7) is 2.79. The van der Waals surface area contributed by atoms with Gasteiger partial charge in [-0.2, -0.15) is 4.98 Å². The Morgan fingerprint density at radius 3 is 3.06 bits per heavy atom. The molecule has 6 heteroatoms. The maximum absolute atomic E-state index is 4.43. The van der Waals surface area contributed by atoms with Crippen molar-refractivity contribution < 1.29 is 0 Å². The van der Waals surface area contributed by atoms with Crippen molar-refractivity contribution in [2.24, 2.45) is 0 Å². The van der Waals surface area contributed by atoms with Crippen molar-refractivity contribution in [3.63, 3.8) is 0 Å². The number of nitrogens with one attached hydrogen (secondary N) is 1. The molecule has 4 nitrogen and oxygen atoms in total. The first-order valence-electron chi connectivity index (χ1n) is 5.52. The standard InChI is InChI=1S/C12H11BrN4S/c1-8-4-5-17-11(6-8)15-12(16-17)14-7-9-2-3-10(13)18-9/h2-6H,7H2,1H3,(H,14,16). The second kappa shape index (κ2) is 4.70. The van der Waals surface area contributed by atoms with Gasteiger partial charge < -0.3 is 5.32 Å². The Morgan fingerprint density at radius 1 is 1.39 bits per heavy atom. The highest BCUT2D eigenvalue weighted by molar-refractivity contribution is 9.11. The first-order chi connectivity index (χ1) is 8.70. The van der Waals surface area contributed by atoms with E-state index < -0.39 is 0 Å². The van der Waals surface area contributed by atoms with Gasteiger partial charge in [0.1, 0.15) is 0 Å². The van der Waals surface area contributed by atoms with Gasteiger partial charge in [-0.25, -0.2) is 4.52 Å². The third-order valence-corrected chi connectivity index (χ3v) is 4.17. The van der Waals surface area contributed by atoms with Crippen molar-refractivity contribution in [1.82, 2.24) is 14.6 Å². The number of nitrogens with zero attached hydrogens (tertiary/aromatic N) is 3. The van der Waals surface area contributed by atoms with E-state index in [2.05, 4.69) is 37.4 Å². The first kappa shape index (κ1) is 11.7. The van der Waals surface area contributed by atoms with Gasteiger partial charge in [-0.05, 0) is 52.7 Å². The van der Waals surface area contributed by atoms with E-state index in [1.54, 1.807) is 15.9 Å². The molecule has 3 heterocycles. The van der Waals surface area contributed by atoms with Crippen molar-refractivity contribution in [2.45, 2.75) is 13.5 Å². The van der Waals surface area contributed by atoms with Crippen LogP contribution in [0.1, 0.15) is 10.4 Å². The zero-order valence-electron chi connectivity index (χ0n) is 9.72. The van der Waals surface area contributed by atoms with Crippen molar-refractivity contribution in [3.05, 3.63) is 44.7 Å². The van der Waals surface area contributed by atoms with Crippen LogP contribution in [-0.4, -0.2) is 14.6 Å². The van der Waals surface area contributed by atoms with Gasteiger partial charge in [-0.15, -0.1) is 16.4 Å². The number of pyridine rings is 1. The van der Waals surface area contributed by atoms with Crippen LogP contribution in [0.2, 0.25) is 0 Å². The summed E-state index contributed by atoms with van der Waals surface area (Å²) in [5, 5.41) is 7.59. The van der Waals surface area contributed by atoms with E-state index in [0.717, 1.165) is 16.0 Å². The third kappa shape index (κ3) is 2.39. The number of halogens is 1. The third-order valence-electron chi connectivity index (χ3n) is 2.54. The first-order valence-corrected chi connectivity index (χ1v) is 7.13. The SMILES string of the molecule is Cc1ccn2nc(NCc3ccc(Br)s3)nc2c1. The molecule has 3 aromatic heterocycles. The Kier molecular flexibility index (Phi) is 3.05. The molecule has 18 heavy (non-hydrogen) atoms. The van der Waals surface area contributed by atoms with E-state index >= 15 is 0 Å². The van der Waals surface area contributed by atoms with Gasteiger partial charge in [-0.1, -0.05) is 0 Å². The Morgan fingerprint density at radius 2 is 2.28 bits per heavy atom. The van der Waals surface area contributed by atoms with Crippen molar-refractivity contribution >= 4 is 38.9 Å². The number of hydrogen-bond acceptors (Lipinski definition) is 4. The Labute approximate surface area is 117 Å². The van der Waals surface area contributed by atoms with Gasteiger partial charge in [0.05, 0.1) is 10.3 Å². The van der Waals surface area contributed by atoms with Crippen LogP contribution in [0.15, 0.2) is 34.2 Å². The molecule has 0 spiro atoms. The lowest BCUT2D eigenvalue weighted by atomic mass is 10.3. The molecule has 0 saturated carbocycles. The molecule has 3 aromatic rings. The average Bonchev–Trinajstić information content (AvgIpc) is 2.92. The molecule has 0 amide bonds. The number of hydrogen-bond donors (Lipinski definition) is 1. The number of fused-ring (bicyclic) bond motifs is 1. The smallest absolute Gasteiger partial charge is 0.243 e. The summed E-state index contributed by atoms with van der Waals surface area (Å²) < 4.78 is 2.91. The van der Waals surface area contributed by atoms with Crippen LogP contribution in [0, 0.1) is 6.92 Å². The molecule has 0 aliphatic rings. The molecular weight excluding hydrogens is 312 g/mol. The largest absolute Gasteiger partial charge is 0.348 e. The molecule has 0 aliphatic heterocycles. The molecule has 0 fully saturated rings. The van der Waals surface area contributed by atoms with Crippen LogP contribution in [0.25, 0.3) is 5.65 Å². The minimum absolute atomic E-state index is 0.658. The average molecular weight is 323 g/mol. The van der Waals surface area contributed by atoms with Crippen molar-refractivity contribution in [1.29, 1.82) is 0 Å². The van der Waals surface area contributed by atoms with Gasteiger partial charge in [0.2, 0.25) is 5.95 Å². The maximum atomic E-state index is 4.43. The summed E-state index contributed by atoms with van der Waals surface area (Å²) in [5.41, 5.74) is 2.05. The number of aryl methyl sites for hydroxylation is 1. The second-order valence-electron chi connectivity index (χ2n) is 4.00. The van der Waals surface area contributed by atoms with E-state index in [-0.39, 0.29) is 0 Å². The molecule has 0 saturated heterocycles. The topological polar surface area (TPSA) is 42.2 Å². The molecule has 92 valence electrons. The highest BCUT2D eigenvalue weighted by Gasteiger charge is 2.04. The summed E-state index contributed by atoms with van der Waals surface area (Å²) in [6, 6.07) is 8.16. The highest BCUT2D eigenvalue weighted by atomic mass is 79.9. The van der Waals surface area contributed by atoms with E-state index in [1.807, 2.05) is 31.3 Å². The molecule has 0 aromatic carbocycles. The van der Waals surface area contributed by atoms with Gasteiger partial charge in [0.25, 0.3) is 0 Å². The predicted molar refractivity (Wildman–Crippen MR) is 77.1 cm³/mol. The minimum atomic E-state index is 0.658.